The fraction of sp³-hybridized carbons (Fsp3) is 0.938. The molecular formula is C16H29N3. The van der Waals surface area contributed by atoms with E-state index in [-0.39, 0.29) is 0 Å². The molecular weight excluding hydrogens is 234 g/mol. The Morgan fingerprint density at radius 1 is 1.16 bits per heavy atom. The molecule has 0 aromatic carbocycles. The first-order chi connectivity index (χ1) is 9.02. The first-order valence-electron chi connectivity index (χ1n) is 7.83. The van der Waals surface area contributed by atoms with Gasteiger partial charge in [-0.3, -0.25) is 4.90 Å². The van der Waals surface area contributed by atoms with E-state index < -0.39 is 0 Å². The molecule has 0 aromatic rings. The summed E-state index contributed by atoms with van der Waals surface area (Å²) < 4.78 is 0. The molecule has 1 unspecified atom stereocenters. The lowest BCUT2D eigenvalue weighted by atomic mass is 9.89. The van der Waals surface area contributed by atoms with Crippen LogP contribution in [0.3, 0.4) is 0 Å². The van der Waals surface area contributed by atoms with Gasteiger partial charge >= 0.3 is 0 Å². The maximum Gasteiger partial charge on any atom is 0.0638 e. The molecule has 0 aromatic heterocycles. The number of rotatable bonds is 2. The van der Waals surface area contributed by atoms with E-state index in [0.29, 0.717) is 17.9 Å². The second-order valence-electron chi connectivity index (χ2n) is 7.32. The maximum atomic E-state index is 9.06. The molecule has 1 aliphatic carbocycles. The zero-order valence-corrected chi connectivity index (χ0v) is 12.9. The lowest BCUT2D eigenvalue weighted by Crippen LogP contribution is -2.44. The summed E-state index contributed by atoms with van der Waals surface area (Å²) in [6.07, 6.45) is 7.57. The summed E-state index contributed by atoms with van der Waals surface area (Å²) in [6, 6.07) is 3.55. The minimum absolute atomic E-state index is 0.330. The van der Waals surface area contributed by atoms with E-state index in [0.717, 1.165) is 19.1 Å². The van der Waals surface area contributed by atoms with Crippen molar-refractivity contribution in [1.82, 2.24) is 9.80 Å². The first-order valence-corrected chi connectivity index (χ1v) is 7.83. The van der Waals surface area contributed by atoms with E-state index in [1.54, 1.807) is 0 Å². The number of likely N-dealkylation sites (N-methyl/N-ethyl adjacent to an activating group) is 1. The van der Waals surface area contributed by atoms with Crippen LogP contribution in [0, 0.1) is 16.7 Å². The summed E-state index contributed by atoms with van der Waals surface area (Å²) in [6.45, 7) is 8.10. The lowest BCUT2D eigenvalue weighted by molar-refractivity contribution is 0.117. The molecule has 1 aliphatic heterocycles. The largest absolute Gasteiger partial charge is 0.301 e. The molecule has 0 radical (unpaired) electrons. The van der Waals surface area contributed by atoms with E-state index in [1.807, 2.05) is 0 Å². The van der Waals surface area contributed by atoms with Gasteiger partial charge in [-0.05, 0) is 25.3 Å². The lowest BCUT2D eigenvalue weighted by Gasteiger charge is -2.37. The van der Waals surface area contributed by atoms with Gasteiger partial charge in [-0.25, -0.2) is 0 Å². The Morgan fingerprint density at radius 3 is 2.47 bits per heavy atom. The van der Waals surface area contributed by atoms with Crippen LogP contribution in [0.25, 0.3) is 0 Å². The van der Waals surface area contributed by atoms with E-state index in [9.17, 15) is 0 Å². The molecule has 0 amide bonds. The topological polar surface area (TPSA) is 30.3 Å². The highest BCUT2D eigenvalue weighted by atomic mass is 15.3. The molecule has 0 N–H and O–H groups in total. The molecule has 1 heterocycles. The van der Waals surface area contributed by atoms with Crippen LogP contribution in [0.2, 0.25) is 0 Å². The molecule has 2 rings (SSSR count). The van der Waals surface area contributed by atoms with Crippen LogP contribution in [-0.4, -0.2) is 48.6 Å². The third kappa shape index (κ3) is 3.94. The monoisotopic (exact) mass is 263 g/mol. The van der Waals surface area contributed by atoms with Crippen LogP contribution in [-0.2, 0) is 0 Å². The summed E-state index contributed by atoms with van der Waals surface area (Å²) in [5, 5.41) is 9.06. The van der Waals surface area contributed by atoms with Crippen molar-refractivity contribution in [3.8, 4) is 6.07 Å². The number of nitrogens with zero attached hydrogens (tertiary/aromatic N) is 3. The normalized spacial score (nSPS) is 30.7. The SMILES string of the molecule is CN1CC(C)(C)CN(C2CCCCC2)CC1CC#N. The average molecular weight is 263 g/mol. The average Bonchev–Trinajstić information content (AvgIpc) is 2.47. The molecule has 0 spiro atoms. The molecule has 3 heteroatoms. The third-order valence-corrected chi connectivity index (χ3v) is 4.80. The molecule has 19 heavy (non-hydrogen) atoms. The minimum Gasteiger partial charge on any atom is -0.301 e. The van der Waals surface area contributed by atoms with Gasteiger partial charge in [-0.2, -0.15) is 5.26 Å². The fourth-order valence-electron chi connectivity index (χ4n) is 3.93. The molecule has 1 saturated carbocycles. The quantitative estimate of drug-likeness (QED) is 0.767. The maximum absolute atomic E-state index is 9.06. The Morgan fingerprint density at radius 2 is 1.84 bits per heavy atom. The number of nitriles is 1. The molecule has 1 saturated heterocycles. The first kappa shape index (κ1) is 14.8. The molecule has 1 atom stereocenters. The molecule has 2 aliphatic rings. The van der Waals surface area contributed by atoms with E-state index in [1.165, 1.54) is 38.6 Å². The summed E-state index contributed by atoms with van der Waals surface area (Å²) in [5.74, 6) is 0. The summed E-state index contributed by atoms with van der Waals surface area (Å²) in [4.78, 5) is 5.11. The van der Waals surface area contributed by atoms with Gasteiger partial charge in [0.15, 0.2) is 0 Å². The Balaban J connectivity index is 2.09. The van der Waals surface area contributed by atoms with Crippen LogP contribution in [0.4, 0.5) is 0 Å². The van der Waals surface area contributed by atoms with E-state index in [2.05, 4.69) is 36.8 Å². The highest BCUT2D eigenvalue weighted by Crippen LogP contribution is 2.30. The fourth-order valence-corrected chi connectivity index (χ4v) is 3.93. The van der Waals surface area contributed by atoms with Crippen molar-refractivity contribution in [3.63, 3.8) is 0 Å². The van der Waals surface area contributed by atoms with Gasteiger partial charge in [-0.1, -0.05) is 33.1 Å². The van der Waals surface area contributed by atoms with Crippen LogP contribution in [0.5, 0.6) is 0 Å². The standard InChI is InChI=1S/C16H29N3/c1-16(2)12-18(3)15(9-10-17)11-19(13-16)14-7-5-4-6-8-14/h14-15H,4-9,11-13H2,1-3H3. The van der Waals surface area contributed by atoms with Gasteiger partial charge in [0.2, 0.25) is 0 Å². The van der Waals surface area contributed by atoms with E-state index >= 15 is 0 Å². The zero-order valence-electron chi connectivity index (χ0n) is 12.9. The number of hydrogen-bond acceptors (Lipinski definition) is 3. The van der Waals surface area contributed by atoms with Crippen LogP contribution < -0.4 is 0 Å². The Bertz CT molecular complexity index is 325. The van der Waals surface area contributed by atoms with Crippen molar-refractivity contribution >= 4 is 0 Å². The van der Waals surface area contributed by atoms with Crippen LogP contribution >= 0.6 is 0 Å². The van der Waals surface area contributed by atoms with Gasteiger partial charge in [0.05, 0.1) is 12.5 Å². The van der Waals surface area contributed by atoms with Crippen molar-refractivity contribution in [3.05, 3.63) is 0 Å². The van der Waals surface area contributed by atoms with Crippen molar-refractivity contribution < 1.29 is 0 Å². The van der Waals surface area contributed by atoms with Crippen molar-refractivity contribution in [2.45, 2.75) is 64.5 Å². The second-order valence-corrected chi connectivity index (χ2v) is 7.32. The Kier molecular flexibility index (Phi) is 4.86. The molecule has 108 valence electrons. The molecule has 2 fully saturated rings. The van der Waals surface area contributed by atoms with Gasteiger partial charge in [0.1, 0.15) is 0 Å². The molecule has 3 nitrogen and oxygen atoms in total. The van der Waals surface area contributed by atoms with Crippen LogP contribution in [0.15, 0.2) is 0 Å². The highest BCUT2D eigenvalue weighted by Gasteiger charge is 2.35. The van der Waals surface area contributed by atoms with Crippen LogP contribution in [0.1, 0.15) is 52.4 Å². The minimum atomic E-state index is 0.330. The second kappa shape index (κ2) is 6.24. The van der Waals surface area contributed by atoms with E-state index in [4.69, 9.17) is 5.26 Å². The number of hydrogen-bond donors (Lipinski definition) is 0. The van der Waals surface area contributed by atoms with Crippen molar-refractivity contribution in [1.29, 1.82) is 5.26 Å². The van der Waals surface area contributed by atoms with Gasteiger partial charge in [0, 0.05) is 31.7 Å². The van der Waals surface area contributed by atoms with Gasteiger partial charge < -0.3 is 4.90 Å². The summed E-state index contributed by atoms with van der Waals surface area (Å²) in [5.41, 5.74) is 0.330. The third-order valence-electron chi connectivity index (χ3n) is 4.80. The predicted octanol–water partition coefficient (Wildman–Crippen LogP) is 2.87. The highest BCUT2D eigenvalue weighted by molar-refractivity contribution is 4.93. The van der Waals surface area contributed by atoms with Gasteiger partial charge in [0.25, 0.3) is 0 Å². The predicted molar refractivity (Wildman–Crippen MR) is 78.9 cm³/mol. The van der Waals surface area contributed by atoms with Gasteiger partial charge in [-0.15, -0.1) is 0 Å². The van der Waals surface area contributed by atoms with Crippen molar-refractivity contribution in [2.24, 2.45) is 5.41 Å². The smallest absolute Gasteiger partial charge is 0.0638 e. The molecule has 0 bridgehead atoms. The zero-order chi connectivity index (χ0) is 13.9. The summed E-state index contributed by atoms with van der Waals surface area (Å²) in [7, 11) is 2.19. The Labute approximate surface area is 118 Å². The van der Waals surface area contributed by atoms with Crippen molar-refractivity contribution in [2.75, 3.05) is 26.7 Å². The summed E-state index contributed by atoms with van der Waals surface area (Å²) >= 11 is 0. The Hall–Kier alpha value is -0.590.